The molecule has 2 unspecified atom stereocenters. The molecule has 0 aromatic carbocycles. The maximum Gasteiger partial charge on any atom is 0.319 e. The monoisotopic (exact) mass is 224 g/mol. The maximum atomic E-state index is 11.6. The fraction of sp³-hybridized carbons (Fsp3) is 0.692. The summed E-state index contributed by atoms with van der Waals surface area (Å²) in [7, 11) is 1.35. The normalized spacial score (nSPS) is 27.1. The molecule has 16 heavy (non-hydrogen) atoms. The van der Waals surface area contributed by atoms with Crippen LogP contribution in [0.25, 0.3) is 0 Å². The van der Waals surface area contributed by atoms with Gasteiger partial charge in [-0.2, -0.15) is 0 Å². The molecule has 1 rings (SSSR count). The predicted octanol–water partition coefficient (Wildman–Crippen LogP) is 2.50. The molecule has 2 atom stereocenters. The molecule has 0 spiro atoms. The number of methoxy groups -OCH3 is 1. The number of ether oxygens (including phenoxy) is 1. The maximum absolute atomic E-state index is 11.6. The van der Waals surface area contributed by atoms with Crippen LogP contribution in [0.1, 0.15) is 40.0 Å². The Labute approximate surface area is 96.9 Å². The van der Waals surface area contributed by atoms with Gasteiger partial charge in [0.25, 0.3) is 0 Å². The van der Waals surface area contributed by atoms with Crippen LogP contribution in [0, 0.1) is 11.3 Å². The van der Waals surface area contributed by atoms with E-state index < -0.39 is 5.41 Å². The summed E-state index contributed by atoms with van der Waals surface area (Å²) in [4.78, 5) is 23.1. The van der Waals surface area contributed by atoms with Crippen LogP contribution >= 0.6 is 0 Å². The number of carbonyl (C=O) groups is 2. The van der Waals surface area contributed by atoms with E-state index in [0.717, 1.165) is 12.8 Å². The Bertz CT molecular complexity index is 326. The van der Waals surface area contributed by atoms with E-state index in [1.54, 1.807) is 0 Å². The van der Waals surface area contributed by atoms with Crippen molar-refractivity contribution in [3.8, 4) is 0 Å². The number of carbonyl (C=O) groups excluding carboxylic acids is 2. The Morgan fingerprint density at radius 2 is 2.00 bits per heavy atom. The van der Waals surface area contributed by atoms with Crippen molar-refractivity contribution >= 4 is 11.8 Å². The molecule has 1 saturated carbocycles. The molecule has 1 fully saturated rings. The zero-order valence-corrected chi connectivity index (χ0v) is 10.5. The minimum Gasteiger partial charge on any atom is -0.468 e. The van der Waals surface area contributed by atoms with Gasteiger partial charge in [0.05, 0.1) is 7.11 Å². The molecule has 0 N–H and O–H groups in total. The third kappa shape index (κ3) is 2.34. The SMILES string of the molecule is COC(=O)C1(C(C)=O)CC1CCC=C(C)C. The molecule has 3 heteroatoms. The first-order chi connectivity index (χ1) is 7.45. The molecule has 0 aliphatic heterocycles. The minimum absolute atomic E-state index is 0.0541. The van der Waals surface area contributed by atoms with Crippen LogP contribution in [0.5, 0.6) is 0 Å². The van der Waals surface area contributed by atoms with Gasteiger partial charge in [0.15, 0.2) is 0 Å². The Morgan fingerprint density at radius 1 is 1.38 bits per heavy atom. The Kier molecular flexibility index (Phi) is 3.89. The molecule has 0 aromatic heterocycles. The van der Waals surface area contributed by atoms with Crippen LogP contribution in [0.2, 0.25) is 0 Å². The van der Waals surface area contributed by atoms with Gasteiger partial charge >= 0.3 is 5.97 Å². The summed E-state index contributed by atoms with van der Waals surface area (Å²) < 4.78 is 4.72. The van der Waals surface area contributed by atoms with Crippen LogP contribution in [-0.2, 0) is 14.3 Å². The molecule has 0 aromatic rings. The zero-order valence-electron chi connectivity index (χ0n) is 10.5. The van der Waals surface area contributed by atoms with Gasteiger partial charge < -0.3 is 4.74 Å². The summed E-state index contributed by atoms with van der Waals surface area (Å²) >= 11 is 0. The second-order valence-corrected chi connectivity index (χ2v) is 4.78. The first kappa shape index (κ1) is 12.9. The van der Waals surface area contributed by atoms with Gasteiger partial charge in [-0.3, -0.25) is 9.59 Å². The van der Waals surface area contributed by atoms with Crippen LogP contribution in [0.4, 0.5) is 0 Å². The van der Waals surface area contributed by atoms with Crippen molar-refractivity contribution < 1.29 is 14.3 Å². The van der Waals surface area contributed by atoms with Crippen molar-refractivity contribution in [3.05, 3.63) is 11.6 Å². The third-order valence-corrected chi connectivity index (χ3v) is 3.35. The highest BCUT2D eigenvalue weighted by atomic mass is 16.5. The van der Waals surface area contributed by atoms with Crippen LogP contribution in [-0.4, -0.2) is 18.9 Å². The van der Waals surface area contributed by atoms with Crippen molar-refractivity contribution in [2.45, 2.75) is 40.0 Å². The average Bonchev–Trinajstić information content (AvgIpc) is 2.92. The number of hydrogen-bond donors (Lipinski definition) is 0. The van der Waals surface area contributed by atoms with Gasteiger partial charge in [-0.15, -0.1) is 0 Å². The standard InChI is InChI=1S/C13H20O3/c1-9(2)6-5-7-11-8-13(11,10(3)14)12(15)16-4/h6,11H,5,7-8H2,1-4H3. The topological polar surface area (TPSA) is 43.4 Å². The van der Waals surface area contributed by atoms with Gasteiger partial charge in [0, 0.05) is 0 Å². The van der Waals surface area contributed by atoms with Crippen molar-refractivity contribution in [1.29, 1.82) is 0 Å². The molecule has 0 amide bonds. The molecule has 0 bridgehead atoms. The molecular weight excluding hydrogens is 204 g/mol. The van der Waals surface area contributed by atoms with Gasteiger partial charge in [-0.1, -0.05) is 11.6 Å². The fourth-order valence-corrected chi connectivity index (χ4v) is 2.26. The Balaban J connectivity index is 2.58. The van der Waals surface area contributed by atoms with E-state index in [2.05, 4.69) is 6.08 Å². The second kappa shape index (κ2) is 4.81. The molecule has 0 heterocycles. The summed E-state index contributed by atoms with van der Waals surface area (Å²) in [5, 5.41) is 0. The highest BCUT2D eigenvalue weighted by molar-refractivity contribution is 6.06. The first-order valence-electron chi connectivity index (χ1n) is 5.68. The van der Waals surface area contributed by atoms with Crippen molar-refractivity contribution in [2.24, 2.45) is 11.3 Å². The van der Waals surface area contributed by atoms with E-state index in [1.165, 1.54) is 19.6 Å². The highest BCUT2D eigenvalue weighted by Gasteiger charge is 2.63. The predicted molar refractivity (Wildman–Crippen MR) is 61.9 cm³/mol. The van der Waals surface area contributed by atoms with Gasteiger partial charge in [0.1, 0.15) is 11.2 Å². The number of rotatable bonds is 5. The lowest BCUT2D eigenvalue weighted by Crippen LogP contribution is -2.27. The van der Waals surface area contributed by atoms with Gasteiger partial charge in [-0.25, -0.2) is 0 Å². The smallest absolute Gasteiger partial charge is 0.319 e. The van der Waals surface area contributed by atoms with Crippen molar-refractivity contribution in [1.82, 2.24) is 0 Å². The number of hydrogen-bond acceptors (Lipinski definition) is 3. The summed E-state index contributed by atoms with van der Waals surface area (Å²) in [6.45, 7) is 5.58. The number of Topliss-reactive ketones (excluding diaryl/α,β-unsaturated/α-hetero) is 1. The third-order valence-electron chi connectivity index (χ3n) is 3.35. The molecule has 1 aliphatic rings. The summed E-state index contributed by atoms with van der Waals surface area (Å²) in [5.41, 5.74) is 0.455. The van der Waals surface area contributed by atoms with E-state index in [4.69, 9.17) is 4.74 Å². The van der Waals surface area contributed by atoms with E-state index in [-0.39, 0.29) is 17.7 Å². The summed E-state index contributed by atoms with van der Waals surface area (Å²) in [6.07, 6.45) is 4.62. The van der Waals surface area contributed by atoms with Crippen molar-refractivity contribution in [2.75, 3.05) is 7.11 Å². The fourth-order valence-electron chi connectivity index (χ4n) is 2.26. The largest absolute Gasteiger partial charge is 0.468 e. The van der Waals surface area contributed by atoms with Gasteiger partial charge in [0.2, 0.25) is 0 Å². The van der Waals surface area contributed by atoms with E-state index >= 15 is 0 Å². The summed E-state index contributed by atoms with van der Waals surface area (Å²) in [5.74, 6) is -0.239. The van der Waals surface area contributed by atoms with Crippen LogP contribution in [0.3, 0.4) is 0 Å². The highest BCUT2D eigenvalue weighted by Crippen LogP contribution is 2.56. The molecule has 1 aliphatic carbocycles. The lowest BCUT2D eigenvalue weighted by atomic mass is 9.96. The minimum atomic E-state index is -0.815. The van der Waals surface area contributed by atoms with E-state index in [0.29, 0.717) is 6.42 Å². The van der Waals surface area contributed by atoms with Gasteiger partial charge in [-0.05, 0) is 46.0 Å². The number of allylic oxidation sites excluding steroid dienone is 2. The quantitative estimate of drug-likeness (QED) is 0.409. The first-order valence-corrected chi connectivity index (χ1v) is 5.68. The Hall–Kier alpha value is -1.12. The number of esters is 1. The summed E-state index contributed by atoms with van der Waals surface area (Å²) in [6, 6.07) is 0. The Morgan fingerprint density at radius 3 is 2.44 bits per heavy atom. The molecule has 0 radical (unpaired) electrons. The van der Waals surface area contributed by atoms with Crippen LogP contribution < -0.4 is 0 Å². The average molecular weight is 224 g/mol. The molecule has 90 valence electrons. The van der Waals surface area contributed by atoms with Crippen molar-refractivity contribution in [3.63, 3.8) is 0 Å². The van der Waals surface area contributed by atoms with E-state index in [1.807, 2.05) is 13.8 Å². The molecular formula is C13H20O3. The molecule has 0 saturated heterocycles. The molecule has 3 nitrogen and oxygen atoms in total. The van der Waals surface area contributed by atoms with E-state index in [9.17, 15) is 9.59 Å². The lowest BCUT2D eigenvalue weighted by molar-refractivity contribution is -0.151. The lowest BCUT2D eigenvalue weighted by Gasteiger charge is -2.10. The number of ketones is 1. The zero-order chi connectivity index (χ0) is 12.3. The van der Waals surface area contributed by atoms with Crippen LogP contribution in [0.15, 0.2) is 11.6 Å². The second-order valence-electron chi connectivity index (χ2n) is 4.78.